The molecule has 5 rings (SSSR count). The smallest absolute Gasteiger partial charge is 0.230 e. The number of nitrogens with one attached hydrogen (secondary N) is 2. The van der Waals surface area contributed by atoms with Gasteiger partial charge in [0.25, 0.3) is 0 Å². The Morgan fingerprint density at radius 2 is 1.97 bits per heavy atom. The van der Waals surface area contributed by atoms with Gasteiger partial charge in [-0.3, -0.25) is 4.79 Å². The van der Waals surface area contributed by atoms with E-state index in [1.165, 1.54) is 17.5 Å². The summed E-state index contributed by atoms with van der Waals surface area (Å²) in [6.07, 6.45) is 4.44. The number of methoxy groups -OCH3 is 1. The fourth-order valence-corrected chi connectivity index (χ4v) is 5.49. The molecule has 5 heteroatoms. The largest absolute Gasteiger partial charge is 0.496 e. The number of carbonyl (C=O) groups is 1. The van der Waals surface area contributed by atoms with Crippen LogP contribution in [0.15, 0.2) is 42.5 Å². The molecule has 3 aliphatic rings. The molecule has 0 radical (unpaired) electrons. The summed E-state index contributed by atoms with van der Waals surface area (Å²) < 4.78 is 5.77. The third-order valence-corrected chi connectivity index (χ3v) is 7.48. The first-order chi connectivity index (χ1) is 15.1. The highest BCUT2D eigenvalue weighted by Gasteiger charge is 2.50. The molecule has 2 aromatic carbocycles. The first-order valence-corrected chi connectivity index (χ1v) is 11.6. The highest BCUT2D eigenvalue weighted by Crippen LogP contribution is 2.56. The molecular weight excluding hydrogens is 386 g/mol. The number of fused-ring (bicyclic) bond motifs is 3. The van der Waals surface area contributed by atoms with Crippen molar-refractivity contribution in [2.24, 2.45) is 5.92 Å². The number of hydrogen-bond donors (Lipinski definition) is 2. The van der Waals surface area contributed by atoms with Gasteiger partial charge in [-0.25, -0.2) is 0 Å². The molecular formula is C26H33N3O2. The van der Waals surface area contributed by atoms with Gasteiger partial charge >= 0.3 is 0 Å². The molecule has 164 valence electrons. The van der Waals surface area contributed by atoms with Gasteiger partial charge < -0.3 is 20.3 Å². The number of piperidine rings is 1. The Kier molecular flexibility index (Phi) is 5.49. The lowest BCUT2D eigenvalue weighted by Gasteiger charge is -2.38. The zero-order valence-electron chi connectivity index (χ0n) is 18.7. The van der Waals surface area contributed by atoms with E-state index in [1.54, 1.807) is 7.11 Å². The van der Waals surface area contributed by atoms with Crippen molar-refractivity contribution in [2.75, 3.05) is 19.1 Å². The van der Waals surface area contributed by atoms with Gasteiger partial charge in [-0.15, -0.1) is 0 Å². The number of ether oxygens (including phenoxy) is 1. The molecule has 5 atom stereocenters. The van der Waals surface area contributed by atoms with Crippen LogP contribution in [-0.4, -0.2) is 32.1 Å². The molecule has 1 amide bonds. The molecule has 1 unspecified atom stereocenters. The zero-order chi connectivity index (χ0) is 21.5. The summed E-state index contributed by atoms with van der Waals surface area (Å²) >= 11 is 0. The lowest BCUT2D eigenvalue weighted by molar-refractivity contribution is -0.119. The van der Waals surface area contributed by atoms with E-state index in [0.29, 0.717) is 24.0 Å². The number of carbonyl (C=O) groups excluding carboxylic acids is 1. The van der Waals surface area contributed by atoms with Crippen molar-refractivity contribution in [1.82, 2.24) is 10.6 Å². The van der Waals surface area contributed by atoms with Crippen LogP contribution in [0.1, 0.15) is 61.3 Å². The maximum absolute atomic E-state index is 12.5. The Bertz CT molecular complexity index is 961. The maximum atomic E-state index is 12.5. The molecule has 1 saturated heterocycles. The fourth-order valence-electron chi connectivity index (χ4n) is 5.49. The van der Waals surface area contributed by atoms with Gasteiger partial charge in [-0.05, 0) is 54.9 Å². The molecule has 2 heterocycles. The normalized spacial score (nSPS) is 29.3. The average Bonchev–Trinajstić information content (AvgIpc) is 3.62. The second-order valence-electron chi connectivity index (χ2n) is 9.29. The monoisotopic (exact) mass is 419 g/mol. The minimum absolute atomic E-state index is 0.178. The second-order valence-corrected chi connectivity index (χ2v) is 9.29. The summed E-state index contributed by atoms with van der Waals surface area (Å²) in [5.41, 5.74) is 4.76. The molecule has 1 saturated carbocycles. The zero-order valence-corrected chi connectivity index (χ0v) is 18.7. The Morgan fingerprint density at radius 1 is 1.16 bits per heavy atom. The molecule has 0 bridgehead atoms. The van der Waals surface area contributed by atoms with Gasteiger partial charge in [-0.2, -0.15) is 0 Å². The van der Waals surface area contributed by atoms with Gasteiger partial charge in [0.05, 0.1) is 7.11 Å². The van der Waals surface area contributed by atoms with Crippen LogP contribution in [0, 0.1) is 5.92 Å². The van der Waals surface area contributed by atoms with E-state index in [2.05, 4.69) is 60.0 Å². The Morgan fingerprint density at radius 3 is 2.71 bits per heavy atom. The van der Waals surface area contributed by atoms with Crippen molar-refractivity contribution in [1.29, 1.82) is 0 Å². The van der Waals surface area contributed by atoms with Crippen LogP contribution in [0.25, 0.3) is 0 Å². The topological polar surface area (TPSA) is 53.6 Å². The lowest BCUT2D eigenvalue weighted by Crippen LogP contribution is -2.49. The van der Waals surface area contributed by atoms with Gasteiger partial charge in [0.2, 0.25) is 5.91 Å². The lowest BCUT2D eigenvalue weighted by atomic mass is 9.88. The first kappa shape index (κ1) is 20.5. The van der Waals surface area contributed by atoms with Crippen molar-refractivity contribution in [2.45, 2.75) is 63.2 Å². The number of rotatable bonds is 6. The number of hydrogen-bond acceptors (Lipinski definition) is 4. The Labute approximate surface area is 185 Å². The van der Waals surface area contributed by atoms with E-state index in [4.69, 9.17) is 4.74 Å². The first-order valence-electron chi connectivity index (χ1n) is 11.6. The standard InChI is InChI=1S/C26H33N3O2/c1-4-18-10-11-22(25(28-18)16-8-6-5-7-9-16)27-15-17-12-23-20(14-24(17)31-3)19-13-21(19)26(30)29(23)2/h5-9,12,14,18-19,21-22,25,27-28H,4,10-11,13,15H2,1-3H3/t18-,19?,21-,22-,25-/m0/s1. The molecule has 2 N–H and O–H groups in total. The van der Waals surface area contributed by atoms with Gasteiger partial charge in [0, 0.05) is 48.9 Å². The van der Waals surface area contributed by atoms with Gasteiger partial charge in [-0.1, -0.05) is 37.3 Å². The second kappa shape index (κ2) is 8.29. The molecule has 5 nitrogen and oxygen atoms in total. The summed E-state index contributed by atoms with van der Waals surface area (Å²) in [6.45, 7) is 2.98. The third kappa shape index (κ3) is 3.74. The van der Waals surface area contributed by atoms with Crippen molar-refractivity contribution in [3.8, 4) is 5.75 Å². The number of benzene rings is 2. The van der Waals surface area contributed by atoms with E-state index in [1.807, 2.05) is 11.9 Å². The number of amides is 1. The van der Waals surface area contributed by atoms with E-state index in [0.717, 1.165) is 42.8 Å². The Balaban J connectivity index is 1.38. The van der Waals surface area contributed by atoms with E-state index in [9.17, 15) is 4.79 Å². The summed E-state index contributed by atoms with van der Waals surface area (Å²) in [6, 6.07) is 16.3. The van der Waals surface area contributed by atoms with Crippen molar-refractivity contribution < 1.29 is 9.53 Å². The summed E-state index contributed by atoms with van der Waals surface area (Å²) in [4.78, 5) is 14.4. The van der Waals surface area contributed by atoms with Crippen LogP contribution >= 0.6 is 0 Å². The summed E-state index contributed by atoms with van der Waals surface area (Å²) in [7, 11) is 3.65. The molecule has 0 spiro atoms. The average molecular weight is 420 g/mol. The number of anilines is 1. The molecule has 1 aliphatic carbocycles. The highest BCUT2D eigenvalue weighted by molar-refractivity contribution is 6.01. The van der Waals surface area contributed by atoms with E-state index >= 15 is 0 Å². The summed E-state index contributed by atoms with van der Waals surface area (Å²) in [5.74, 6) is 1.74. The number of nitrogens with zero attached hydrogens (tertiary/aromatic N) is 1. The van der Waals surface area contributed by atoms with Crippen molar-refractivity contribution >= 4 is 11.6 Å². The highest BCUT2D eigenvalue weighted by atomic mass is 16.5. The van der Waals surface area contributed by atoms with Crippen LogP contribution in [0.4, 0.5) is 5.69 Å². The summed E-state index contributed by atoms with van der Waals surface area (Å²) in [5, 5.41) is 7.68. The minimum Gasteiger partial charge on any atom is -0.496 e. The molecule has 2 fully saturated rings. The van der Waals surface area contributed by atoms with Crippen LogP contribution in [0.2, 0.25) is 0 Å². The van der Waals surface area contributed by atoms with Crippen molar-refractivity contribution in [3.05, 3.63) is 59.2 Å². The molecule has 31 heavy (non-hydrogen) atoms. The third-order valence-electron chi connectivity index (χ3n) is 7.48. The van der Waals surface area contributed by atoms with E-state index < -0.39 is 0 Å². The van der Waals surface area contributed by atoms with Crippen LogP contribution in [0.5, 0.6) is 5.75 Å². The molecule has 0 aromatic heterocycles. The van der Waals surface area contributed by atoms with Crippen LogP contribution < -0.4 is 20.3 Å². The molecule has 2 aromatic rings. The predicted molar refractivity (Wildman–Crippen MR) is 124 cm³/mol. The van der Waals surface area contributed by atoms with Crippen LogP contribution in [-0.2, 0) is 11.3 Å². The van der Waals surface area contributed by atoms with Gasteiger partial charge in [0.1, 0.15) is 5.75 Å². The van der Waals surface area contributed by atoms with Crippen LogP contribution in [0.3, 0.4) is 0 Å². The van der Waals surface area contributed by atoms with E-state index in [-0.39, 0.29) is 11.8 Å². The quantitative estimate of drug-likeness (QED) is 0.739. The minimum atomic E-state index is 0.178. The van der Waals surface area contributed by atoms with Gasteiger partial charge in [0.15, 0.2) is 0 Å². The SMILES string of the molecule is CC[C@H]1CC[C@H](NCc2cc3c(cc2OC)C2C[C@@H]2C(=O)N3C)[C@H](c2ccccc2)N1. The Hall–Kier alpha value is -2.37. The predicted octanol–water partition coefficient (Wildman–Crippen LogP) is 4.14. The maximum Gasteiger partial charge on any atom is 0.230 e. The fraction of sp³-hybridized carbons (Fsp3) is 0.500. The van der Waals surface area contributed by atoms with Crippen molar-refractivity contribution in [3.63, 3.8) is 0 Å². The molecule has 2 aliphatic heterocycles.